The van der Waals surface area contributed by atoms with E-state index in [4.69, 9.17) is 11.6 Å². The molecule has 2 heterocycles. The molecule has 3 N–H and O–H groups in total. The fourth-order valence-electron chi connectivity index (χ4n) is 3.68. The molecule has 0 bridgehead atoms. The van der Waals surface area contributed by atoms with Gasteiger partial charge in [0.2, 0.25) is 0 Å². The number of amides is 1. The van der Waals surface area contributed by atoms with Crippen molar-refractivity contribution in [1.29, 1.82) is 0 Å². The number of anilines is 2. The molecule has 0 saturated heterocycles. The van der Waals surface area contributed by atoms with Crippen LogP contribution in [0.3, 0.4) is 0 Å². The van der Waals surface area contributed by atoms with E-state index in [1.165, 1.54) is 0 Å². The average molecular weight is 544 g/mol. The molecule has 0 unspecified atom stereocenters. The van der Waals surface area contributed by atoms with Gasteiger partial charge in [0, 0.05) is 16.6 Å². The molecule has 2 aromatic carbocycles. The van der Waals surface area contributed by atoms with Crippen molar-refractivity contribution in [2.24, 2.45) is 0 Å². The van der Waals surface area contributed by atoms with E-state index in [0.29, 0.717) is 16.8 Å². The fourth-order valence-corrected chi connectivity index (χ4v) is 4.21. The summed E-state index contributed by atoms with van der Waals surface area (Å²) < 4.78 is 43.3. The van der Waals surface area contributed by atoms with Crippen molar-refractivity contribution in [1.82, 2.24) is 9.78 Å². The maximum atomic E-state index is 13.9. The Morgan fingerprint density at radius 3 is 2.45 bits per heavy atom. The van der Waals surface area contributed by atoms with Gasteiger partial charge in [0.05, 0.1) is 12.1 Å². The van der Waals surface area contributed by atoms with E-state index >= 15 is 0 Å². The predicted octanol–water partition coefficient (Wildman–Crippen LogP) is 6.26. The van der Waals surface area contributed by atoms with Gasteiger partial charge < -0.3 is 15.7 Å². The minimum atomic E-state index is -4.59. The second-order valence-electron chi connectivity index (χ2n) is 7.75. The van der Waals surface area contributed by atoms with Crippen LogP contribution in [0, 0.1) is 0 Å². The summed E-state index contributed by atoms with van der Waals surface area (Å²) >= 11 is 9.66. The lowest BCUT2D eigenvalue weighted by molar-refractivity contribution is -0.173. The van der Waals surface area contributed by atoms with Crippen molar-refractivity contribution >= 4 is 44.9 Å². The highest BCUT2D eigenvalue weighted by Gasteiger charge is 2.47. The normalized spacial score (nSPS) is 18.9. The summed E-state index contributed by atoms with van der Waals surface area (Å²) in [6.45, 7) is 1.61. The SMILES string of the molecule is C[C@H](O)c1ccc(NC(=O)c2nn3c(c2Cl)N[C@@H](c2ccc(Br)cc2)C[C@H]3C(F)(F)F)cc1. The van der Waals surface area contributed by atoms with Crippen molar-refractivity contribution < 1.29 is 23.1 Å². The van der Waals surface area contributed by atoms with Crippen LogP contribution in [-0.4, -0.2) is 27.0 Å². The molecule has 1 aliphatic heterocycles. The van der Waals surface area contributed by atoms with Crippen LogP contribution < -0.4 is 10.6 Å². The fraction of sp³-hybridized carbons (Fsp3) is 0.273. The average Bonchev–Trinajstić information content (AvgIpc) is 3.10. The summed E-state index contributed by atoms with van der Waals surface area (Å²) in [6, 6.07) is 10.7. The van der Waals surface area contributed by atoms with Crippen molar-refractivity contribution in [3.8, 4) is 0 Å². The molecule has 6 nitrogen and oxygen atoms in total. The Hall–Kier alpha value is -2.56. The Labute approximate surface area is 200 Å². The van der Waals surface area contributed by atoms with Gasteiger partial charge in [0.15, 0.2) is 11.7 Å². The van der Waals surface area contributed by atoms with E-state index in [0.717, 1.165) is 9.15 Å². The molecule has 0 radical (unpaired) electrons. The summed E-state index contributed by atoms with van der Waals surface area (Å²) in [4.78, 5) is 12.8. The molecule has 0 saturated carbocycles. The Morgan fingerprint density at radius 2 is 1.88 bits per heavy atom. The quantitative estimate of drug-likeness (QED) is 0.363. The number of alkyl halides is 3. The molecular weight excluding hydrogens is 525 g/mol. The largest absolute Gasteiger partial charge is 0.410 e. The van der Waals surface area contributed by atoms with Crippen LogP contribution in [0.4, 0.5) is 24.7 Å². The zero-order valence-electron chi connectivity index (χ0n) is 17.2. The number of nitrogens with one attached hydrogen (secondary N) is 2. The molecule has 33 heavy (non-hydrogen) atoms. The molecule has 0 aliphatic carbocycles. The summed E-state index contributed by atoms with van der Waals surface area (Å²) in [5.74, 6) is -0.803. The molecule has 0 spiro atoms. The Morgan fingerprint density at radius 1 is 1.24 bits per heavy atom. The first-order valence-corrected chi connectivity index (χ1v) is 11.2. The van der Waals surface area contributed by atoms with E-state index in [-0.39, 0.29) is 23.0 Å². The number of carbonyl (C=O) groups excluding carboxylic acids is 1. The summed E-state index contributed by atoms with van der Waals surface area (Å²) in [5.41, 5.74) is 1.38. The molecule has 3 atom stereocenters. The number of carbonyl (C=O) groups is 1. The number of rotatable bonds is 4. The van der Waals surface area contributed by atoms with Gasteiger partial charge in [-0.25, -0.2) is 4.68 Å². The minimum absolute atomic E-state index is 0.0623. The predicted molar refractivity (Wildman–Crippen MR) is 122 cm³/mol. The van der Waals surface area contributed by atoms with Crippen LogP contribution in [0.25, 0.3) is 0 Å². The number of aliphatic hydroxyl groups excluding tert-OH is 1. The number of halogens is 5. The maximum Gasteiger partial charge on any atom is 0.410 e. The molecule has 174 valence electrons. The highest BCUT2D eigenvalue weighted by molar-refractivity contribution is 9.10. The first kappa shape index (κ1) is 23.6. The van der Waals surface area contributed by atoms with Gasteiger partial charge in [-0.15, -0.1) is 0 Å². The number of hydrogen-bond acceptors (Lipinski definition) is 4. The number of benzene rings is 2. The molecule has 1 aromatic heterocycles. The second-order valence-corrected chi connectivity index (χ2v) is 9.04. The van der Waals surface area contributed by atoms with Crippen LogP contribution in [0.15, 0.2) is 53.0 Å². The van der Waals surface area contributed by atoms with Crippen LogP contribution in [-0.2, 0) is 0 Å². The van der Waals surface area contributed by atoms with Crippen molar-refractivity contribution in [3.05, 3.63) is 74.8 Å². The van der Waals surface area contributed by atoms with Crippen LogP contribution in [0.5, 0.6) is 0 Å². The number of aromatic nitrogens is 2. The summed E-state index contributed by atoms with van der Waals surface area (Å²) in [7, 11) is 0. The lowest BCUT2D eigenvalue weighted by Gasteiger charge is -2.33. The molecular formula is C22H19BrClF3N4O2. The first-order valence-electron chi connectivity index (χ1n) is 10.0. The summed E-state index contributed by atoms with van der Waals surface area (Å²) in [6.07, 6.45) is -5.57. The molecule has 3 aromatic rings. The van der Waals surface area contributed by atoms with Gasteiger partial charge in [-0.05, 0) is 42.3 Å². The van der Waals surface area contributed by atoms with E-state index < -0.39 is 30.3 Å². The third kappa shape index (κ3) is 4.87. The first-order chi connectivity index (χ1) is 15.5. The van der Waals surface area contributed by atoms with Crippen molar-refractivity contribution in [3.63, 3.8) is 0 Å². The zero-order valence-corrected chi connectivity index (χ0v) is 19.5. The van der Waals surface area contributed by atoms with E-state index in [9.17, 15) is 23.1 Å². The van der Waals surface area contributed by atoms with Gasteiger partial charge in [0.25, 0.3) is 5.91 Å². The van der Waals surface area contributed by atoms with Gasteiger partial charge in [-0.3, -0.25) is 4.79 Å². The highest BCUT2D eigenvalue weighted by Crippen LogP contribution is 2.46. The number of aliphatic hydroxyl groups is 1. The van der Waals surface area contributed by atoms with Crippen molar-refractivity contribution in [2.75, 3.05) is 10.6 Å². The Bertz CT molecular complexity index is 1160. The minimum Gasteiger partial charge on any atom is -0.389 e. The lowest BCUT2D eigenvalue weighted by atomic mass is 9.97. The van der Waals surface area contributed by atoms with Gasteiger partial charge in [-0.2, -0.15) is 18.3 Å². The van der Waals surface area contributed by atoms with Crippen LogP contribution in [0.2, 0.25) is 5.02 Å². The molecule has 1 aliphatic rings. The standard InChI is InChI=1S/C22H19BrClF3N4O2/c1-11(32)12-4-8-15(9-5-12)28-21(33)19-18(24)20-29-16(13-2-6-14(23)7-3-13)10-17(22(25,26)27)31(20)30-19/h2-9,11,16-17,29,32H,10H2,1H3,(H,28,33)/t11-,16+,17-/m0/s1. The number of hydrogen-bond donors (Lipinski definition) is 3. The number of nitrogens with zero attached hydrogens (tertiary/aromatic N) is 2. The molecule has 0 fully saturated rings. The smallest absolute Gasteiger partial charge is 0.389 e. The maximum absolute atomic E-state index is 13.9. The molecule has 1 amide bonds. The molecule has 4 rings (SSSR count). The van der Waals surface area contributed by atoms with E-state index in [2.05, 4.69) is 31.7 Å². The summed E-state index contributed by atoms with van der Waals surface area (Å²) in [5, 5.41) is 18.9. The second kappa shape index (κ2) is 9.00. The monoisotopic (exact) mass is 542 g/mol. The van der Waals surface area contributed by atoms with Gasteiger partial charge in [0.1, 0.15) is 10.8 Å². The Kier molecular flexibility index (Phi) is 6.43. The topological polar surface area (TPSA) is 79.2 Å². The third-order valence-corrected chi connectivity index (χ3v) is 6.32. The van der Waals surface area contributed by atoms with E-state index in [1.807, 2.05) is 0 Å². The van der Waals surface area contributed by atoms with Gasteiger partial charge in [-0.1, -0.05) is 51.8 Å². The van der Waals surface area contributed by atoms with Crippen LogP contribution in [0.1, 0.15) is 53.1 Å². The van der Waals surface area contributed by atoms with E-state index in [1.54, 1.807) is 55.5 Å². The van der Waals surface area contributed by atoms with Crippen LogP contribution >= 0.6 is 27.5 Å². The van der Waals surface area contributed by atoms with Crippen molar-refractivity contribution in [2.45, 2.75) is 37.7 Å². The number of fused-ring (bicyclic) bond motifs is 1. The van der Waals surface area contributed by atoms with Gasteiger partial charge >= 0.3 is 6.18 Å². The Balaban J connectivity index is 1.65. The zero-order chi connectivity index (χ0) is 23.9. The third-order valence-electron chi connectivity index (χ3n) is 5.43. The molecule has 11 heteroatoms. The lowest BCUT2D eigenvalue weighted by Crippen LogP contribution is -2.35. The highest BCUT2D eigenvalue weighted by atomic mass is 79.9.